The predicted octanol–water partition coefficient (Wildman–Crippen LogP) is 1.67. The molecule has 2 saturated heterocycles. The molecule has 0 aromatic rings. The van der Waals surface area contributed by atoms with Crippen molar-refractivity contribution in [2.75, 3.05) is 19.6 Å². The molecule has 1 aliphatic carbocycles. The number of carbonyl (C=O) groups excluding carboxylic acids is 3. The third-order valence-electron chi connectivity index (χ3n) is 5.48. The smallest absolute Gasteiger partial charge is 0.232 e. The summed E-state index contributed by atoms with van der Waals surface area (Å²) in [6.07, 6.45) is 4.07. The molecule has 0 N–H and O–H groups in total. The van der Waals surface area contributed by atoms with Gasteiger partial charge < -0.3 is 4.90 Å². The predicted molar refractivity (Wildman–Crippen MR) is 81.7 cm³/mol. The lowest BCUT2D eigenvalue weighted by Crippen LogP contribution is -2.51. The van der Waals surface area contributed by atoms with E-state index >= 15 is 0 Å². The van der Waals surface area contributed by atoms with E-state index in [0.29, 0.717) is 30.7 Å². The Labute approximate surface area is 132 Å². The van der Waals surface area contributed by atoms with Crippen molar-refractivity contribution in [3.8, 4) is 0 Å². The molecule has 0 radical (unpaired) electrons. The number of likely N-dealkylation sites (tertiary alicyclic amines) is 2. The summed E-state index contributed by atoms with van der Waals surface area (Å²) < 4.78 is 0. The first-order valence-electron chi connectivity index (χ1n) is 8.58. The molecular formula is C17H26N2O3. The highest BCUT2D eigenvalue weighted by Crippen LogP contribution is 2.33. The van der Waals surface area contributed by atoms with E-state index < -0.39 is 0 Å². The molecule has 0 aromatic heterocycles. The summed E-state index contributed by atoms with van der Waals surface area (Å²) in [6, 6.07) is 0. The van der Waals surface area contributed by atoms with Crippen molar-refractivity contribution in [3.05, 3.63) is 0 Å². The molecule has 1 saturated carbocycles. The molecule has 2 aliphatic heterocycles. The van der Waals surface area contributed by atoms with Gasteiger partial charge in [-0.15, -0.1) is 0 Å². The minimum absolute atomic E-state index is 0.0160. The molecule has 1 atom stereocenters. The van der Waals surface area contributed by atoms with Gasteiger partial charge in [-0.05, 0) is 37.5 Å². The van der Waals surface area contributed by atoms with E-state index in [4.69, 9.17) is 0 Å². The van der Waals surface area contributed by atoms with Crippen molar-refractivity contribution in [1.82, 2.24) is 9.80 Å². The van der Waals surface area contributed by atoms with Gasteiger partial charge in [-0.2, -0.15) is 0 Å². The maximum atomic E-state index is 12.3. The second-order valence-corrected chi connectivity index (χ2v) is 7.51. The van der Waals surface area contributed by atoms with E-state index in [1.165, 1.54) is 4.90 Å². The Hall–Kier alpha value is -1.39. The quantitative estimate of drug-likeness (QED) is 0.745. The molecule has 0 bridgehead atoms. The fourth-order valence-electron chi connectivity index (χ4n) is 4.03. The Balaban J connectivity index is 1.47. The Kier molecular flexibility index (Phi) is 4.24. The third-order valence-corrected chi connectivity index (χ3v) is 5.48. The van der Waals surface area contributed by atoms with Crippen molar-refractivity contribution >= 4 is 17.7 Å². The Bertz CT molecular complexity index is 476. The van der Waals surface area contributed by atoms with E-state index in [2.05, 4.69) is 6.92 Å². The second kappa shape index (κ2) is 6.01. The fraction of sp³-hybridized carbons (Fsp3) is 0.824. The lowest BCUT2D eigenvalue weighted by Gasteiger charge is -2.41. The highest BCUT2D eigenvalue weighted by atomic mass is 16.2. The molecule has 0 aromatic carbocycles. The summed E-state index contributed by atoms with van der Waals surface area (Å²) in [6.45, 7) is 6.38. The number of rotatable bonds is 3. The molecule has 5 heteroatoms. The number of hydrogen-bond donors (Lipinski definition) is 0. The zero-order chi connectivity index (χ0) is 15.9. The average Bonchev–Trinajstić information content (AvgIpc) is 2.70. The topological polar surface area (TPSA) is 57.7 Å². The molecule has 2 heterocycles. The molecule has 3 rings (SSSR count). The van der Waals surface area contributed by atoms with Crippen LogP contribution < -0.4 is 0 Å². The van der Waals surface area contributed by atoms with Gasteiger partial charge in [-0.3, -0.25) is 19.3 Å². The molecule has 3 fully saturated rings. The van der Waals surface area contributed by atoms with Gasteiger partial charge in [0, 0.05) is 37.9 Å². The minimum atomic E-state index is -0.154. The van der Waals surface area contributed by atoms with Crippen molar-refractivity contribution in [3.63, 3.8) is 0 Å². The molecule has 0 spiro atoms. The first-order chi connectivity index (χ1) is 10.5. The third kappa shape index (κ3) is 2.90. The van der Waals surface area contributed by atoms with E-state index in [1.807, 2.05) is 11.8 Å². The molecule has 3 aliphatic rings. The summed E-state index contributed by atoms with van der Waals surface area (Å²) in [5.74, 6) is 1.31. The number of amides is 3. The van der Waals surface area contributed by atoms with Gasteiger partial charge in [0.25, 0.3) is 0 Å². The van der Waals surface area contributed by atoms with Crippen LogP contribution in [-0.2, 0) is 14.4 Å². The fourth-order valence-corrected chi connectivity index (χ4v) is 4.03. The van der Waals surface area contributed by atoms with Crippen LogP contribution in [-0.4, -0.2) is 47.2 Å². The standard InChI is InChI=1S/C17H26N2O3/c1-11-8-18(9-11)17(22)14-5-3-13(4-6-14)10-19-15(20)7-12(2)16(19)21/h11-14H,3-10H2,1-2H3. The lowest BCUT2D eigenvalue weighted by atomic mass is 9.80. The van der Waals surface area contributed by atoms with Crippen LogP contribution in [0.2, 0.25) is 0 Å². The van der Waals surface area contributed by atoms with Crippen LogP contribution in [0.25, 0.3) is 0 Å². The maximum absolute atomic E-state index is 12.3. The van der Waals surface area contributed by atoms with Gasteiger partial charge in [0.15, 0.2) is 0 Å². The van der Waals surface area contributed by atoms with Crippen molar-refractivity contribution in [2.24, 2.45) is 23.7 Å². The zero-order valence-electron chi connectivity index (χ0n) is 13.6. The van der Waals surface area contributed by atoms with Crippen LogP contribution >= 0.6 is 0 Å². The van der Waals surface area contributed by atoms with Gasteiger partial charge in [0.2, 0.25) is 17.7 Å². The Morgan fingerprint density at radius 2 is 1.73 bits per heavy atom. The van der Waals surface area contributed by atoms with Crippen molar-refractivity contribution in [2.45, 2.75) is 46.0 Å². The van der Waals surface area contributed by atoms with Gasteiger partial charge in [-0.25, -0.2) is 0 Å². The van der Waals surface area contributed by atoms with Crippen molar-refractivity contribution < 1.29 is 14.4 Å². The van der Waals surface area contributed by atoms with Crippen LogP contribution in [0.15, 0.2) is 0 Å². The summed E-state index contributed by atoms with van der Waals surface area (Å²) >= 11 is 0. The number of imide groups is 1. The average molecular weight is 306 g/mol. The molecule has 122 valence electrons. The van der Waals surface area contributed by atoms with Crippen LogP contribution in [0.1, 0.15) is 46.0 Å². The van der Waals surface area contributed by atoms with Crippen LogP contribution in [0.5, 0.6) is 0 Å². The summed E-state index contributed by atoms with van der Waals surface area (Å²) in [4.78, 5) is 39.6. The Morgan fingerprint density at radius 3 is 2.23 bits per heavy atom. The normalized spacial score (nSPS) is 33.3. The first kappa shape index (κ1) is 15.5. The van der Waals surface area contributed by atoms with Crippen LogP contribution in [0.4, 0.5) is 0 Å². The SMILES string of the molecule is CC1CN(C(=O)C2CCC(CN3C(=O)CC(C)C3=O)CC2)C1. The first-order valence-corrected chi connectivity index (χ1v) is 8.58. The van der Waals surface area contributed by atoms with Gasteiger partial charge in [-0.1, -0.05) is 13.8 Å². The number of carbonyl (C=O) groups is 3. The largest absolute Gasteiger partial charge is 0.342 e. The van der Waals surface area contributed by atoms with E-state index in [9.17, 15) is 14.4 Å². The molecule has 22 heavy (non-hydrogen) atoms. The van der Waals surface area contributed by atoms with Gasteiger partial charge in [0.1, 0.15) is 0 Å². The highest BCUT2D eigenvalue weighted by molar-refractivity contribution is 6.03. The van der Waals surface area contributed by atoms with E-state index in [1.54, 1.807) is 0 Å². The summed E-state index contributed by atoms with van der Waals surface area (Å²) in [5, 5.41) is 0. The van der Waals surface area contributed by atoms with Gasteiger partial charge in [0.05, 0.1) is 0 Å². The van der Waals surface area contributed by atoms with Crippen molar-refractivity contribution in [1.29, 1.82) is 0 Å². The van der Waals surface area contributed by atoms with E-state index in [0.717, 1.165) is 38.8 Å². The minimum Gasteiger partial charge on any atom is -0.342 e. The Morgan fingerprint density at radius 1 is 1.09 bits per heavy atom. The van der Waals surface area contributed by atoms with Gasteiger partial charge >= 0.3 is 0 Å². The molecule has 5 nitrogen and oxygen atoms in total. The summed E-state index contributed by atoms with van der Waals surface area (Å²) in [5.41, 5.74) is 0. The monoisotopic (exact) mass is 306 g/mol. The zero-order valence-corrected chi connectivity index (χ0v) is 13.6. The number of hydrogen-bond acceptors (Lipinski definition) is 3. The lowest BCUT2D eigenvalue weighted by molar-refractivity contribution is -0.144. The maximum Gasteiger partial charge on any atom is 0.232 e. The highest BCUT2D eigenvalue weighted by Gasteiger charge is 2.39. The molecule has 1 unspecified atom stereocenters. The van der Waals surface area contributed by atoms with Crippen LogP contribution in [0.3, 0.4) is 0 Å². The van der Waals surface area contributed by atoms with Crippen LogP contribution in [0, 0.1) is 23.7 Å². The van der Waals surface area contributed by atoms with E-state index in [-0.39, 0.29) is 23.7 Å². The second-order valence-electron chi connectivity index (χ2n) is 7.51. The molecule has 3 amide bonds. The molecular weight excluding hydrogens is 280 g/mol. The summed E-state index contributed by atoms with van der Waals surface area (Å²) in [7, 11) is 0. The number of nitrogens with zero attached hydrogens (tertiary/aromatic N) is 2.